The quantitative estimate of drug-likeness (QED) is 0.256. The molecule has 1 aliphatic heterocycles. The maximum absolute atomic E-state index is 13.3. The number of aliphatic imine (C=N–C) groups is 1. The number of fused-ring (bicyclic) bond motifs is 1. The Labute approximate surface area is 218 Å². The Morgan fingerprint density at radius 2 is 1.89 bits per heavy atom. The van der Waals surface area contributed by atoms with Gasteiger partial charge in [0.25, 0.3) is 0 Å². The van der Waals surface area contributed by atoms with Crippen LogP contribution >= 0.6 is 0 Å². The zero-order valence-corrected chi connectivity index (χ0v) is 20.6. The highest BCUT2D eigenvalue weighted by atomic mass is 19.1. The molecule has 38 heavy (non-hydrogen) atoms. The lowest BCUT2D eigenvalue weighted by Crippen LogP contribution is -2.19. The minimum atomic E-state index is -0.294. The summed E-state index contributed by atoms with van der Waals surface area (Å²) in [6.07, 6.45) is 9.12. The second-order valence-corrected chi connectivity index (χ2v) is 9.22. The first-order chi connectivity index (χ1) is 18.6. The fourth-order valence-corrected chi connectivity index (χ4v) is 4.78. The van der Waals surface area contributed by atoms with Gasteiger partial charge in [-0.1, -0.05) is 18.2 Å². The van der Waals surface area contributed by atoms with Crippen LogP contribution in [-0.4, -0.2) is 34.7 Å². The summed E-state index contributed by atoms with van der Waals surface area (Å²) < 4.78 is 32.8. The molecule has 4 heterocycles. The van der Waals surface area contributed by atoms with Crippen molar-refractivity contribution in [1.29, 1.82) is 0 Å². The molecule has 192 valence electrons. The van der Waals surface area contributed by atoms with Crippen molar-refractivity contribution in [2.24, 2.45) is 4.99 Å². The number of hydrogen-bond acceptors (Lipinski definition) is 7. The van der Waals surface area contributed by atoms with Crippen LogP contribution < -0.4 is 10.5 Å². The van der Waals surface area contributed by atoms with E-state index in [9.17, 15) is 4.39 Å². The van der Waals surface area contributed by atoms with Crippen molar-refractivity contribution in [1.82, 2.24) is 14.8 Å². The number of halogens is 1. The topological polar surface area (TPSA) is 101 Å². The first-order valence-electron chi connectivity index (χ1n) is 12.4. The van der Waals surface area contributed by atoms with Gasteiger partial charge < -0.3 is 19.6 Å². The number of nitrogen functional groups attached to an aromatic ring is 1. The van der Waals surface area contributed by atoms with Crippen LogP contribution in [0.5, 0.6) is 5.75 Å². The highest BCUT2D eigenvalue weighted by Crippen LogP contribution is 2.41. The SMILES string of the molecule is C=Nc1ccc(-c2coc3c(-c4cnn(C5CCOCC5)c4)cnc(N)c23)cc1OCc1ccc(F)cc1. The Bertz CT molecular complexity index is 1600. The molecule has 0 saturated carbocycles. The van der Waals surface area contributed by atoms with Crippen LogP contribution in [0.1, 0.15) is 24.4 Å². The molecule has 2 N–H and O–H groups in total. The van der Waals surface area contributed by atoms with Crippen molar-refractivity contribution in [2.45, 2.75) is 25.5 Å². The van der Waals surface area contributed by atoms with E-state index < -0.39 is 0 Å². The third kappa shape index (κ3) is 4.52. The zero-order valence-electron chi connectivity index (χ0n) is 20.6. The van der Waals surface area contributed by atoms with Crippen molar-refractivity contribution in [3.63, 3.8) is 0 Å². The molecule has 2 aromatic carbocycles. The van der Waals surface area contributed by atoms with E-state index in [1.165, 1.54) is 12.1 Å². The molecular weight excluding hydrogens is 485 g/mol. The van der Waals surface area contributed by atoms with Crippen LogP contribution in [0.4, 0.5) is 15.9 Å². The fourth-order valence-electron chi connectivity index (χ4n) is 4.78. The van der Waals surface area contributed by atoms with Gasteiger partial charge in [0.1, 0.15) is 35.3 Å². The van der Waals surface area contributed by atoms with Gasteiger partial charge in [0, 0.05) is 42.3 Å². The van der Waals surface area contributed by atoms with Crippen LogP contribution in [-0.2, 0) is 11.3 Å². The molecule has 6 rings (SSSR count). The van der Waals surface area contributed by atoms with Gasteiger partial charge in [-0.05, 0) is 55.0 Å². The second-order valence-electron chi connectivity index (χ2n) is 9.22. The van der Waals surface area contributed by atoms with Crippen molar-refractivity contribution in [3.05, 3.63) is 78.7 Å². The number of rotatable bonds is 7. The molecule has 9 heteroatoms. The molecule has 0 radical (unpaired) electrons. The molecule has 1 aliphatic rings. The van der Waals surface area contributed by atoms with E-state index in [0.29, 0.717) is 34.3 Å². The van der Waals surface area contributed by atoms with E-state index in [1.807, 2.05) is 35.3 Å². The number of pyridine rings is 1. The van der Waals surface area contributed by atoms with Gasteiger partial charge in [0.05, 0.1) is 23.9 Å². The first-order valence-corrected chi connectivity index (χ1v) is 12.4. The van der Waals surface area contributed by atoms with Crippen molar-refractivity contribution in [2.75, 3.05) is 18.9 Å². The minimum absolute atomic E-state index is 0.253. The number of nitrogens with two attached hydrogens (primary N) is 1. The number of hydrogen-bond donors (Lipinski definition) is 1. The summed E-state index contributed by atoms with van der Waals surface area (Å²) in [5, 5.41) is 5.31. The average molecular weight is 512 g/mol. The van der Waals surface area contributed by atoms with Gasteiger partial charge in [-0.25, -0.2) is 9.37 Å². The Kier molecular flexibility index (Phi) is 6.35. The van der Waals surface area contributed by atoms with Crippen LogP contribution in [0.25, 0.3) is 33.2 Å². The number of benzene rings is 2. The summed E-state index contributed by atoms with van der Waals surface area (Å²) in [5.41, 5.74) is 11.8. The van der Waals surface area contributed by atoms with E-state index in [2.05, 4.69) is 21.8 Å². The molecule has 8 nitrogen and oxygen atoms in total. The second kappa shape index (κ2) is 10.1. The van der Waals surface area contributed by atoms with Gasteiger partial charge in [-0.15, -0.1) is 0 Å². The fraction of sp³-hybridized carbons (Fsp3) is 0.207. The van der Waals surface area contributed by atoms with E-state index in [-0.39, 0.29) is 12.4 Å². The van der Waals surface area contributed by atoms with Crippen LogP contribution in [0.2, 0.25) is 0 Å². The molecule has 0 spiro atoms. The Balaban J connectivity index is 1.34. The van der Waals surface area contributed by atoms with Crippen molar-refractivity contribution in [3.8, 4) is 28.0 Å². The highest BCUT2D eigenvalue weighted by Gasteiger charge is 2.21. The maximum Gasteiger partial charge on any atom is 0.147 e. The van der Waals surface area contributed by atoms with E-state index >= 15 is 0 Å². The third-order valence-corrected chi connectivity index (χ3v) is 6.85. The number of nitrogens with zero attached hydrogens (tertiary/aromatic N) is 4. The predicted octanol–water partition coefficient (Wildman–Crippen LogP) is 6.34. The molecule has 1 fully saturated rings. The average Bonchev–Trinajstić information content (AvgIpc) is 3.62. The number of anilines is 1. The highest BCUT2D eigenvalue weighted by molar-refractivity contribution is 6.06. The first kappa shape index (κ1) is 23.9. The van der Waals surface area contributed by atoms with E-state index in [1.54, 1.807) is 24.6 Å². The van der Waals surface area contributed by atoms with Crippen molar-refractivity contribution >= 4 is 29.2 Å². The lowest BCUT2D eigenvalue weighted by atomic mass is 10.0. The third-order valence-electron chi connectivity index (χ3n) is 6.85. The van der Waals surface area contributed by atoms with E-state index in [4.69, 9.17) is 19.6 Å². The maximum atomic E-state index is 13.3. The lowest BCUT2D eigenvalue weighted by Gasteiger charge is -2.22. The molecular formula is C29H26FN5O3. The number of aromatic nitrogens is 3. The van der Waals surface area contributed by atoms with Crippen LogP contribution in [0.15, 0.2) is 76.7 Å². The summed E-state index contributed by atoms with van der Waals surface area (Å²) >= 11 is 0. The predicted molar refractivity (Wildman–Crippen MR) is 144 cm³/mol. The number of furan rings is 1. The molecule has 0 unspecified atom stereocenters. The molecule has 3 aromatic heterocycles. The molecule has 0 amide bonds. The largest absolute Gasteiger partial charge is 0.487 e. The monoisotopic (exact) mass is 511 g/mol. The summed E-state index contributed by atoms with van der Waals surface area (Å²) in [5.74, 6) is 0.609. The van der Waals surface area contributed by atoms with Crippen LogP contribution in [0.3, 0.4) is 0 Å². The van der Waals surface area contributed by atoms with Gasteiger partial charge in [-0.3, -0.25) is 9.67 Å². The van der Waals surface area contributed by atoms with E-state index in [0.717, 1.165) is 53.9 Å². The number of ether oxygens (including phenoxy) is 2. The Morgan fingerprint density at radius 3 is 2.68 bits per heavy atom. The van der Waals surface area contributed by atoms with Gasteiger partial charge in [0.2, 0.25) is 0 Å². The van der Waals surface area contributed by atoms with Gasteiger partial charge in [0.15, 0.2) is 0 Å². The zero-order chi connectivity index (χ0) is 26.1. The van der Waals surface area contributed by atoms with Crippen LogP contribution in [0, 0.1) is 5.82 Å². The van der Waals surface area contributed by atoms with Gasteiger partial charge >= 0.3 is 0 Å². The molecule has 0 atom stereocenters. The summed E-state index contributed by atoms with van der Waals surface area (Å²) in [6, 6.07) is 12.1. The summed E-state index contributed by atoms with van der Waals surface area (Å²) in [7, 11) is 0. The summed E-state index contributed by atoms with van der Waals surface area (Å²) in [6.45, 7) is 5.39. The van der Waals surface area contributed by atoms with Crippen molar-refractivity contribution < 1.29 is 18.3 Å². The van der Waals surface area contributed by atoms with Gasteiger partial charge in [-0.2, -0.15) is 5.10 Å². The Hall–Kier alpha value is -4.50. The lowest BCUT2D eigenvalue weighted by molar-refractivity contribution is 0.0662. The standard InChI is InChI=1S/C29H26FN5O3/c1-32-25-7-4-19(12-26(25)37-16-18-2-5-21(30)6-3-18)24-17-38-28-23(14-33-29(31)27(24)28)20-13-34-35(15-20)22-8-10-36-11-9-22/h2-7,12-15,17,22H,1,8-11,16H2,(H2,31,33). The molecule has 0 aliphatic carbocycles. The molecule has 1 saturated heterocycles. The minimum Gasteiger partial charge on any atom is -0.487 e. The molecule has 5 aromatic rings. The normalized spacial score (nSPS) is 14.1. The smallest absolute Gasteiger partial charge is 0.147 e. The summed E-state index contributed by atoms with van der Waals surface area (Å²) in [4.78, 5) is 8.55. The molecule has 0 bridgehead atoms. The Morgan fingerprint density at radius 1 is 1.08 bits per heavy atom.